The zero-order valence-corrected chi connectivity index (χ0v) is 31.8. The number of para-hydroxylation sites is 2. The van der Waals surface area contributed by atoms with E-state index in [4.69, 9.17) is 14.2 Å². The van der Waals surface area contributed by atoms with Crippen LogP contribution in [0.1, 0.15) is 183 Å². The molecule has 0 amide bonds. The van der Waals surface area contributed by atoms with E-state index in [1.807, 2.05) is 24.3 Å². The molecule has 5 rings (SSSR count). The van der Waals surface area contributed by atoms with Crippen molar-refractivity contribution in [3.05, 3.63) is 24.3 Å². The van der Waals surface area contributed by atoms with E-state index in [1.54, 1.807) is 0 Å². The summed E-state index contributed by atoms with van der Waals surface area (Å²) in [6.07, 6.45) is 14.6. The van der Waals surface area contributed by atoms with Crippen LogP contribution >= 0.6 is 0 Å². The van der Waals surface area contributed by atoms with Gasteiger partial charge in [0.25, 0.3) is 0 Å². The Hall–Kier alpha value is -1.22. The summed E-state index contributed by atoms with van der Waals surface area (Å²) in [5.74, 6) is 2.54. The van der Waals surface area contributed by atoms with Gasteiger partial charge in [0.2, 0.25) is 6.79 Å². The summed E-state index contributed by atoms with van der Waals surface area (Å²) in [6, 6.07) is 7.63. The lowest BCUT2D eigenvalue weighted by molar-refractivity contribution is -0.0486. The number of ether oxygens (including phenoxy) is 3. The minimum atomic E-state index is 0. The molecular weight excluding hydrogens is 552 g/mol. The number of hydrogen-bond donors (Lipinski definition) is 0. The molecule has 3 nitrogen and oxygen atoms in total. The monoisotopic (exact) mass is 637 g/mol. The Morgan fingerprint density at radius 3 is 1.16 bits per heavy atom. The van der Waals surface area contributed by atoms with Crippen molar-refractivity contribution in [1.29, 1.82) is 0 Å². The second kappa shape index (κ2) is 22.4. The van der Waals surface area contributed by atoms with E-state index in [-0.39, 0.29) is 14.9 Å². The molecule has 2 saturated carbocycles. The Bertz CT molecular complexity index is 763. The van der Waals surface area contributed by atoms with Gasteiger partial charge in [-0.05, 0) is 64.9 Å². The number of benzene rings is 1. The Morgan fingerprint density at radius 1 is 0.622 bits per heavy atom. The topological polar surface area (TPSA) is 27.7 Å². The molecule has 3 heteroatoms. The molecule has 2 heterocycles. The van der Waals surface area contributed by atoms with Crippen LogP contribution in [0, 0.1) is 33.0 Å². The molecule has 1 aromatic rings. The van der Waals surface area contributed by atoms with E-state index in [1.165, 1.54) is 64.2 Å². The van der Waals surface area contributed by atoms with Crippen molar-refractivity contribution in [1.82, 2.24) is 0 Å². The van der Waals surface area contributed by atoms with Crippen LogP contribution in [0.2, 0.25) is 0 Å². The van der Waals surface area contributed by atoms with E-state index in [0.29, 0.717) is 28.5 Å². The van der Waals surface area contributed by atoms with Crippen LogP contribution in [0.4, 0.5) is 0 Å². The highest BCUT2D eigenvalue weighted by atomic mass is 16.7. The second-order valence-electron chi connectivity index (χ2n) is 18.9. The van der Waals surface area contributed by atoms with Gasteiger partial charge in [-0.2, -0.15) is 0 Å². The van der Waals surface area contributed by atoms with E-state index < -0.39 is 0 Å². The third kappa shape index (κ3) is 33.9. The third-order valence-electron chi connectivity index (χ3n) is 6.75. The van der Waals surface area contributed by atoms with Crippen molar-refractivity contribution in [3.8, 4) is 11.5 Å². The predicted octanol–water partition coefficient (Wildman–Crippen LogP) is 14.4. The van der Waals surface area contributed by atoms with Crippen molar-refractivity contribution < 1.29 is 14.2 Å². The van der Waals surface area contributed by atoms with Crippen molar-refractivity contribution in [3.63, 3.8) is 0 Å². The van der Waals surface area contributed by atoms with Crippen LogP contribution in [0.3, 0.4) is 0 Å². The van der Waals surface area contributed by atoms with Crippen LogP contribution in [0.5, 0.6) is 11.5 Å². The molecule has 3 fully saturated rings. The highest BCUT2D eigenvalue weighted by Crippen LogP contribution is 2.55. The summed E-state index contributed by atoms with van der Waals surface area (Å²) in [4.78, 5) is 0. The first kappa shape index (κ1) is 48.2. The fourth-order valence-corrected chi connectivity index (χ4v) is 4.95. The standard InChI is InChI=1S/C10H20.C8H16O.C7H6O2.C5H10.2C5H12.2CH4/c1-5-10(6-7-10)8-9(2,3)4;1-8(2,3)4-7-5-9-6-7;1-2-4-7-6(3-1)8-5-9-7;1-2-4-5-3-1;2*1-5(2,3)4;;/h5-8H2,1-4H3;7H,4-6H2,1-3H3;1-4H,5H2;1-5H2;2*1-4H3;2*1H4. The van der Waals surface area contributed by atoms with Crippen molar-refractivity contribution in [2.45, 2.75) is 183 Å². The second-order valence-corrected chi connectivity index (χ2v) is 18.9. The van der Waals surface area contributed by atoms with Gasteiger partial charge in [0, 0.05) is 5.92 Å². The summed E-state index contributed by atoms with van der Waals surface area (Å²) in [7, 11) is 0. The fraction of sp³-hybridized carbons (Fsp3) is 0.857. The number of hydrogen-bond acceptors (Lipinski definition) is 3. The molecule has 45 heavy (non-hydrogen) atoms. The largest absolute Gasteiger partial charge is 0.454 e. The van der Waals surface area contributed by atoms with Gasteiger partial charge in [0.15, 0.2) is 11.5 Å². The lowest BCUT2D eigenvalue weighted by Crippen LogP contribution is -2.31. The third-order valence-corrected chi connectivity index (χ3v) is 6.75. The highest BCUT2D eigenvalue weighted by Gasteiger charge is 2.42. The van der Waals surface area contributed by atoms with Gasteiger partial charge in [0.05, 0.1) is 13.2 Å². The van der Waals surface area contributed by atoms with Gasteiger partial charge in [-0.1, -0.05) is 169 Å². The highest BCUT2D eigenvalue weighted by molar-refractivity contribution is 5.40. The van der Waals surface area contributed by atoms with E-state index >= 15 is 0 Å². The minimum absolute atomic E-state index is 0. The van der Waals surface area contributed by atoms with Gasteiger partial charge >= 0.3 is 0 Å². The molecule has 2 aliphatic carbocycles. The number of fused-ring (bicyclic) bond motifs is 1. The van der Waals surface area contributed by atoms with Gasteiger partial charge in [-0.15, -0.1) is 0 Å². The van der Waals surface area contributed by atoms with Crippen LogP contribution in [0.15, 0.2) is 24.3 Å². The molecule has 1 aromatic carbocycles. The van der Waals surface area contributed by atoms with Crippen LogP contribution in [-0.2, 0) is 4.74 Å². The molecule has 0 unspecified atom stereocenters. The zero-order valence-electron chi connectivity index (χ0n) is 31.8. The normalized spacial score (nSPS) is 17.5. The first-order chi connectivity index (χ1) is 19.5. The van der Waals surface area contributed by atoms with Crippen molar-refractivity contribution in [2.75, 3.05) is 20.0 Å². The quantitative estimate of drug-likeness (QED) is 0.330. The van der Waals surface area contributed by atoms with E-state index in [2.05, 4.69) is 104 Å². The maximum Gasteiger partial charge on any atom is 0.231 e. The Balaban J connectivity index is -0.000000478. The molecule has 270 valence electrons. The molecule has 4 aliphatic rings. The first-order valence-electron chi connectivity index (χ1n) is 17.4. The summed E-state index contributed by atoms with van der Waals surface area (Å²) in [6.45, 7) is 36.1. The molecule has 0 radical (unpaired) electrons. The average Bonchev–Trinajstić information content (AvgIpc) is 3.20. The maximum absolute atomic E-state index is 5.08. The summed E-state index contributed by atoms with van der Waals surface area (Å²) < 4.78 is 15.2. The SMILES string of the molecule is C.C.C1CCCC1.CC(C)(C)C.CC(C)(C)C.CC(C)(C)CC1COC1.CCC1(CC(C)(C)C)CC1.c1ccc2c(c1)OCO2. The molecule has 2 aliphatic heterocycles. The van der Waals surface area contributed by atoms with Gasteiger partial charge in [-0.3, -0.25) is 0 Å². The Morgan fingerprint density at radius 2 is 0.978 bits per heavy atom. The molecule has 0 N–H and O–H groups in total. The first-order valence-corrected chi connectivity index (χ1v) is 17.4. The fourth-order valence-electron chi connectivity index (χ4n) is 4.95. The Kier molecular flexibility index (Phi) is 23.9. The van der Waals surface area contributed by atoms with Gasteiger partial charge in [-0.25, -0.2) is 0 Å². The van der Waals surface area contributed by atoms with Crippen molar-refractivity contribution in [2.24, 2.45) is 33.0 Å². The Labute approximate surface area is 285 Å². The maximum atomic E-state index is 5.08. The molecule has 0 atom stereocenters. The van der Waals surface area contributed by atoms with Gasteiger partial charge in [0.1, 0.15) is 0 Å². The lowest BCUT2D eigenvalue weighted by atomic mass is 9.81. The molecule has 0 aromatic heterocycles. The lowest BCUT2D eigenvalue weighted by Gasteiger charge is -2.31. The van der Waals surface area contributed by atoms with Crippen LogP contribution in [0.25, 0.3) is 0 Å². The summed E-state index contributed by atoms with van der Waals surface area (Å²) in [5, 5.41) is 0. The van der Waals surface area contributed by atoms with Crippen LogP contribution in [-0.4, -0.2) is 20.0 Å². The minimum Gasteiger partial charge on any atom is -0.454 e. The van der Waals surface area contributed by atoms with Crippen molar-refractivity contribution >= 4 is 0 Å². The molecular formula is C42H84O3. The predicted molar refractivity (Wildman–Crippen MR) is 204 cm³/mol. The van der Waals surface area contributed by atoms with E-state index in [0.717, 1.165) is 36.0 Å². The summed E-state index contributed by atoms with van der Waals surface area (Å²) in [5.41, 5.74) is 2.82. The van der Waals surface area contributed by atoms with E-state index in [9.17, 15) is 0 Å². The zero-order chi connectivity index (χ0) is 33.4. The summed E-state index contributed by atoms with van der Waals surface area (Å²) >= 11 is 0. The molecule has 0 spiro atoms. The van der Waals surface area contributed by atoms with Gasteiger partial charge < -0.3 is 14.2 Å². The average molecular weight is 637 g/mol. The van der Waals surface area contributed by atoms with Crippen LogP contribution < -0.4 is 9.47 Å². The molecule has 1 saturated heterocycles. The molecule has 0 bridgehead atoms. The number of rotatable bonds is 3. The smallest absolute Gasteiger partial charge is 0.231 e.